The molecule has 0 unspecified atom stereocenters. The summed E-state index contributed by atoms with van der Waals surface area (Å²) >= 11 is 0.819. The highest BCUT2D eigenvalue weighted by molar-refractivity contribution is 8.18. The third-order valence-electron chi connectivity index (χ3n) is 5.80. The molecule has 1 fully saturated rings. The summed E-state index contributed by atoms with van der Waals surface area (Å²) < 4.78 is 21.4. The van der Waals surface area contributed by atoms with Gasteiger partial charge >= 0.3 is 0 Å². The Bertz CT molecular complexity index is 1500. The molecule has 0 spiro atoms. The van der Waals surface area contributed by atoms with Crippen molar-refractivity contribution in [2.45, 2.75) is 6.54 Å². The Labute approximate surface area is 211 Å². The molecule has 0 radical (unpaired) electrons. The van der Waals surface area contributed by atoms with E-state index in [2.05, 4.69) is 0 Å². The fourth-order valence-corrected chi connectivity index (χ4v) is 4.86. The normalized spacial score (nSPS) is 14.7. The molecule has 1 aromatic heterocycles. The molecule has 0 saturated carbocycles. The van der Waals surface area contributed by atoms with Crippen LogP contribution >= 0.6 is 11.8 Å². The van der Waals surface area contributed by atoms with Crippen molar-refractivity contribution >= 4 is 45.7 Å². The molecular formula is C28H21FN2O4S. The summed E-state index contributed by atoms with van der Waals surface area (Å²) in [5.74, 6) is -1.02. The van der Waals surface area contributed by atoms with E-state index in [1.54, 1.807) is 54.6 Å². The number of rotatable bonds is 8. The number of imide groups is 1. The number of halogens is 1. The average Bonchev–Trinajstić information content (AvgIpc) is 3.37. The van der Waals surface area contributed by atoms with Gasteiger partial charge in [0.05, 0.1) is 18.0 Å². The second kappa shape index (κ2) is 10.2. The number of aromatic nitrogens is 1. The van der Waals surface area contributed by atoms with Gasteiger partial charge in [0.1, 0.15) is 6.61 Å². The number of ether oxygens (including phenoxy) is 1. The van der Waals surface area contributed by atoms with Gasteiger partial charge < -0.3 is 9.30 Å². The largest absolute Gasteiger partial charge is 0.489 e. The fraction of sp³-hybridized carbons (Fsp3) is 0.107. The number of carbonyl (C=O) groups excluding carboxylic acids is 3. The number of benzene rings is 3. The molecule has 6 nitrogen and oxygen atoms in total. The van der Waals surface area contributed by atoms with Crippen molar-refractivity contribution in [1.29, 1.82) is 0 Å². The third-order valence-corrected chi connectivity index (χ3v) is 6.71. The second-order valence-corrected chi connectivity index (χ2v) is 9.12. The van der Waals surface area contributed by atoms with Gasteiger partial charge in [0, 0.05) is 28.2 Å². The quantitative estimate of drug-likeness (QED) is 0.227. The topological polar surface area (TPSA) is 68.6 Å². The molecule has 180 valence electrons. The van der Waals surface area contributed by atoms with Crippen LogP contribution in [0.25, 0.3) is 17.0 Å². The van der Waals surface area contributed by atoms with Crippen LogP contribution in [-0.2, 0) is 11.3 Å². The van der Waals surface area contributed by atoms with Gasteiger partial charge in [0.2, 0.25) is 0 Å². The lowest BCUT2D eigenvalue weighted by atomic mass is 10.1. The first-order valence-electron chi connectivity index (χ1n) is 11.3. The van der Waals surface area contributed by atoms with Crippen LogP contribution in [0.1, 0.15) is 15.9 Å². The van der Waals surface area contributed by atoms with Gasteiger partial charge in [-0.15, -0.1) is 0 Å². The van der Waals surface area contributed by atoms with E-state index in [0.717, 1.165) is 33.1 Å². The number of hydrogen-bond donors (Lipinski definition) is 0. The summed E-state index contributed by atoms with van der Waals surface area (Å²) in [4.78, 5) is 39.3. The molecule has 2 amide bonds. The van der Waals surface area contributed by atoms with Crippen molar-refractivity contribution in [2.75, 3.05) is 13.2 Å². The maximum Gasteiger partial charge on any atom is 0.293 e. The summed E-state index contributed by atoms with van der Waals surface area (Å²) in [7, 11) is 0. The molecule has 1 saturated heterocycles. The lowest BCUT2D eigenvalue weighted by Gasteiger charge is -2.11. The minimum absolute atomic E-state index is 0.188. The van der Waals surface area contributed by atoms with Gasteiger partial charge in [-0.3, -0.25) is 19.3 Å². The number of fused-ring (bicyclic) bond motifs is 1. The minimum atomic E-state index is -0.492. The van der Waals surface area contributed by atoms with Crippen LogP contribution in [0.4, 0.5) is 9.18 Å². The molecule has 2 heterocycles. The Hall–Kier alpha value is -4.17. The predicted molar refractivity (Wildman–Crippen MR) is 137 cm³/mol. The Balaban J connectivity index is 1.35. The molecular weight excluding hydrogens is 479 g/mol. The Morgan fingerprint density at radius 3 is 2.47 bits per heavy atom. The van der Waals surface area contributed by atoms with Gasteiger partial charge in [0.15, 0.2) is 17.3 Å². The van der Waals surface area contributed by atoms with Crippen LogP contribution in [-0.4, -0.2) is 39.5 Å². The highest BCUT2D eigenvalue weighted by atomic mass is 32.2. The molecule has 0 bridgehead atoms. The number of amides is 2. The number of thioether (sulfide) groups is 1. The first-order chi connectivity index (χ1) is 17.5. The highest BCUT2D eigenvalue weighted by Gasteiger charge is 2.36. The van der Waals surface area contributed by atoms with Crippen LogP contribution in [0.15, 0.2) is 90.0 Å². The zero-order valence-corrected chi connectivity index (χ0v) is 19.9. The van der Waals surface area contributed by atoms with Crippen molar-refractivity contribution in [3.05, 3.63) is 107 Å². The fourth-order valence-electron chi connectivity index (χ4n) is 4.03. The van der Waals surface area contributed by atoms with E-state index < -0.39 is 17.0 Å². The first-order valence-corrected chi connectivity index (χ1v) is 12.1. The van der Waals surface area contributed by atoms with Crippen molar-refractivity contribution in [3.63, 3.8) is 0 Å². The molecule has 1 aliphatic rings. The highest BCUT2D eigenvalue weighted by Crippen LogP contribution is 2.34. The Kier molecular flexibility index (Phi) is 6.69. The first kappa shape index (κ1) is 23.6. The van der Waals surface area contributed by atoms with E-state index in [1.165, 1.54) is 6.07 Å². The van der Waals surface area contributed by atoms with E-state index >= 15 is 0 Å². The Morgan fingerprint density at radius 2 is 1.67 bits per heavy atom. The molecule has 3 aromatic carbocycles. The van der Waals surface area contributed by atoms with Gasteiger partial charge in [-0.25, -0.2) is 4.39 Å². The SMILES string of the molecule is O=C(CN1C(=O)S/C(=C\c2cn(CCOc3ccccc3F)c3ccccc23)C1=O)c1ccccc1. The van der Waals surface area contributed by atoms with Gasteiger partial charge in [0.25, 0.3) is 11.1 Å². The number of para-hydroxylation sites is 2. The lowest BCUT2D eigenvalue weighted by Crippen LogP contribution is -2.33. The zero-order chi connectivity index (χ0) is 25.1. The molecule has 4 aromatic rings. The van der Waals surface area contributed by atoms with Crippen LogP contribution in [0.3, 0.4) is 0 Å². The summed E-state index contributed by atoms with van der Waals surface area (Å²) in [5.41, 5.74) is 2.12. The summed E-state index contributed by atoms with van der Waals surface area (Å²) in [6, 6.07) is 22.5. The maximum atomic E-state index is 13.8. The van der Waals surface area contributed by atoms with Crippen LogP contribution in [0.5, 0.6) is 5.75 Å². The molecule has 8 heteroatoms. The summed E-state index contributed by atoms with van der Waals surface area (Å²) in [6.07, 6.45) is 3.55. The number of Topliss-reactive ketones (excluding diaryl/α,β-unsaturated/α-hetero) is 1. The molecule has 5 rings (SSSR count). The number of nitrogens with zero attached hydrogens (tertiary/aromatic N) is 2. The number of hydrogen-bond acceptors (Lipinski definition) is 5. The zero-order valence-electron chi connectivity index (χ0n) is 19.1. The molecule has 1 aliphatic heterocycles. The third kappa shape index (κ3) is 4.81. The Morgan fingerprint density at radius 1 is 0.944 bits per heavy atom. The van der Waals surface area contributed by atoms with E-state index in [9.17, 15) is 18.8 Å². The van der Waals surface area contributed by atoms with Gasteiger partial charge in [-0.05, 0) is 36.0 Å². The minimum Gasteiger partial charge on any atom is -0.489 e. The molecule has 0 aliphatic carbocycles. The van der Waals surface area contributed by atoms with Crippen LogP contribution in [0, 0.1) is 5.82 Å². The smallest absolute Gasteiger partial charge is 0.293 e. The van der Waals surface area contributed by atoms with Crippen molar-refractivity contribution in [1.82, 2.24) is 9.47 Å². The van der Waals surface area contributed by atoms with Gasteiger partial charge in [-0.1, -0.05) is 60.7 Å². The van der Waals surface area contributed by atoms with Crippen molar-refractivity contribution in [3.8, 4) is 5.75 Å². The predicted octanol–water partition coefficient (Wildman–Crippen LogP) is 5.78. The van der Waals surface area contributed by atoms with E-state index in [1.807, 2.05) is 35.0 Å². The van der Waals surface area contributed by atoms with E-state index in [4.69, 9.17) is 4.74 Å². The monoisotopic (exact) mass is 500 g/mol. The van der Waals surface area contributed by atoms with E-state index in [-0.39, 0.29) is 29.6 Å². The molecule has 36 heavy (non-hydrogen) atoms. The lowest BCUT2D eigenvalue weighted by molar-refractivity contribution is -0.122. The summed E-state index contributed by atoms with van der Waals surface area (Å²) in [5, 5.41) is 0.424. The summed E-state index contributed by atoms with van der Waals surface area (Å²) in [6.45, 7) is 0.397. The van der Waals surface area contributed by atoms with E-state index in [0.29, 0.717) is 12.1 Å². The van der Waals surface area contributed by atoms with Crippen LogP contribution in [0.2, 0.25) is 0 Å². The number of ketones is 1. The molecule has 0 N–H and O–H groups in total. The van der Waals surface area contributed by atoms with Crippen molar-refractivity contribution < 1.29 is 23.5 Å². The van der Waals surface area contributed by atoms with Crippen LogP contribution < -0.4 is 4.74 Å². The average molecular weight is 501 g/mol. The van der Waals surface area contributed by atoms with Gasteiger partial charge in [-0.2, -0.15) is 0 Å². The number of carbonyl (C=O) groups is 3. The second-order valence-electron chi connectivity index (χ2n) is 8.13. The maximum absolute atomic E-state index is 13.8. The molecule has 0 atom stereocenters. The van der Waals surface area contributed by atoms with Crippen molar-refractivity contribution in [2.24, 2.45) is 0 Å². The standard InChI is InChI=1S/C28H21FN2O4S/c29-22-11-5-7-13-25(22)35-15-14-30-17-20(21-10-4-6-12-23(21)30)16-26-27(33)31(28(34)36-26)18-24(32)19-8-2-1-3-9-19/h1-13,16-17H,14-15,18H2/b26-16-.